The fraction of sp³-hybridized carbons (Fsp3) is 0.625. The Hall–Kier alpha value is -0.890. The van der Waals surface area contributed by atoms with Crippen molar-refractivity contribution in [1.82, 2.24) is 5.32 Å². The van der Waals surface area contributed by atoms with Crippen LogP contribution in [0, 0.1) is 11.7 Å². The third-order valence-electron chi connectivity index (χ3n) is 4.20. The average molecular weight is 249 g/mol. The Bertz CT molecular complexity index is 377. The Morgan fingerprint density at radius 2 is 1.89 bits per heavy atom. The summed E-state index contributed by atoms with van der Waals surface area (Å²) in [6.45, 7) is 4.38. The van der Waals surface area contributed by atoms with Gasteiger partial charge in [0.15, 0.2) is 0 Å². The van der Waals surface area contributed by atoms with Crippen molar-refractivity contribution in [1.29, 1.82) is 0 Å². The van der Waals surface area contributed by atoms with Gasteiger partial charge in [-0.3, -0.25) is 0 Å². The highest BCUT2D eigenvalue weighted by Gasteiger charge is 2.22. The van der Waals surface area contributed by atoms with Gasteiger partial charge in [-0.2, -0.15) is 0 Å². The van der Waals surface area contributed by atoms with Crippen LogP contribution in [-0.4, -0.2) is 6.04 Å². The van der Waals surface area contributed by atoms with Gasteiger partial charge < -0.3 is 5.32 Å². The monoisotopic (exact) mass is 249 g/mol. The van der Waals surface area contributed by atoms with Crippen molar-refractivity contribution in [3.05, 3.63) is 35.6 Å². The maximum absolute atomic E-state index is 13.7. The zero-order chi connectivity index (χ0) is 13.0. The molecule has 0 saturated heterocycles. The summed E-state index contributed by atoms with van der Waals surface area (Å²) < 4.78 is 13.7. The highest BCUT2D eigenvalue weighted by atomic mass is 19.1. The molecule has 1 fully saturated rings. The van der Waals surface area contributed by atoms with Gasteiger partial charge in [0.1, 0.15) is 5.82 Å². The Morgan fingerprint density at radius 1 is 1.17 bits per heavy atom. The topological polar surface area (TPSA) is 12.0 Å². The minimum atomic E-state index is -0.0984. The molecule has 100 valence electrons. The molecule has 18 heavy (non-hydrogen) atoms. The molecular weight excluding hydrogens is 225 g/mol. The summed E-state index contributed by atoms with van der Waals surface area (Å²) in [4.78, 5) is 0. The lowest BCUT2D eigenvalue weighted by Gasteiger charge is -2.27. The van der Waals surface area contributed by atoms with E-state index >= 15 is 0 Å². The molecule has 0 radical (unpaired) electrons. The Balaban J connectivity index is 2.02. The normalized spacial score (nSPS) is 26.6. The standard InChI is InChI=1S/C16H24FN/c1-12-8-4-3-5-11-16(12)18-13(2)14-9-6-7-10-15(14)17/h6-7,9-10,12-13,16,18H,3-5,8,11H2,1-2H3. The summed E-state index contributed by atoms with van der Waals surface area (Å²) in [6.07, 6.45) is 6.50. The van der Waals surface area contributed by atoms with E-state index in [9.17, 15) is 4.39 Å². The second kappa shape index (κ2) is 6.33. The molecule has 0 amide bonds. The molecule has 1 aromatic rings. The zero-order valence-corrected chi connectivity index (χ0v) is 11.5. The first-order valence-electron chi connectivity index (χ1n) is 7.19. The SMILES string of the molecule is CC(NC1CCCCCC1C)c1ccccc1F. The van der Waals surface area contributed by atoms with E-state index in [0.717, 1.165) is 5.56 Å². The lowest BCUT2D eigenvalue weighted by atomic mass is 9.95. The maximum Gasteiger partial charge on any atom is 0.127 e. The molecule has 3 atom stereocenters. The first-order valence-corrected chi connectivity index (χ1v) is 7.19. The lowest BCUT2D eigenvalue weighted by molar-refractivity contribution is 0.327. The molecule has 1 N–H and O–H groups in total. The van der Waals surface area contributed by atoms with Gasteiger partial charge in [-0.15, -0.1) is 0 Å². The summed E-state index contributed by atoms with van der Waals surface area (Å²) in [5, 5.41) is 3.63. The Kier molecular flexibility index (Phi) is 4.76. The quantitative estimate of drug-likeness (QED) is 0.781. The molecule has 1 aromatic carbocycles. The summed E-state index contributed by atoms with van der Waals surface area (Å²) >= 11 is 0. The highest BCUT2D eigenvalue weighted by Crippen LogP contribution is 2.26. The van der Waals surface area contributed by atoms with Gasteiger partial charge in [0.05, 0.1) is 0 Å². The molecule has 0 bridgehead atoms. The maximum atomic E-state index is 13.7. The van der Waals surface area contributed by atoms with Crippen molar-refractivity contribution >= 4 is 0 Å². The third kappa shape index (κ3) is 3.32. The van der Waals surface area contributed by atoms with Gasteiger partial charge in [-0.1, -0.05) is 44.4 Å². The van der Waals surface area contributed by atoms with Crippen LogP contribution in [0.4, 0.5) is 4.39 Å². The number of halogens is 1. The predicted octanol–water partition coefficient (Wildman–Crippen LogP) is 4.45. The van der Waals surface area contributed by atoms with E-state index in [1.165, 1.54) is 32.1 Å². The van der Waals surface area contributed by atoms with Crippen LogP contribution < -0.4 is 5.32 Å². The van der Waals surface area contributed by atoms with E-state index in [-0.39, 0.29) is 11.9 Å². The first kappa shape index (κ1) is 13.5. The minimum absolute atomic E-state index is 0.0942. The summed E-state index contributed by atoms with van der Waals surface area (Å²) in [5.41, 5.74) is 0.786. The minimum Gasteiger partial charge on any atom is -0.307 e. The van der Waals surface area contributed by atoms with Crippen LogP contribution >= 0.6 is 0 Å². The van der Waals surface area contributed by atoms with Crippen LogP contribution in [0.15, 0.2) is 24.3 Å². The lowest BCUT2D eigenvalue weighted by Crippen LogP contribution is -2.36. The summed E-state index contributed by atoms with van der Waals surface area (Å²) in [7, 11) is 0. The zero-order valence-electron chi connectivity index (χ0n) is 11.5. The number of hydrogen-bond donors (Lipinski definition) is 1. The van der Waals surface area contributed by atoms with E-state index in [1.807, 2.05) is 12.1 Å². The smallest absolute Gasteiger partial charge is 0.127 e. The molecule has 1 aliphatic rings. The van der Waals surface area contributed by atoms with E-state index in [2.05, 4.69) is 19.2 Å². The van der Waals surface area contributed by atoms with Crippen LogP contribution in [-0.2, 0) is 0 Å². The van der Waals surface area contributed by atoms with E-state index in [4.69, 9.17) is 0 Å². The van der Waals surface area contributed by atoms with Crippen molar-refractivity contribution in [2.75, 3.05) is 0 Å². The van der Waals surface area contributed by atoms with Gasteiger partial charge in [0, 0.05) is 17.6 Å². The van der Waals surface area contributed by atoms with Crippen LogP contribution in [0.2, 0.25) is 0 Å². The van der Waals surface area contributed by atoms with E-state index < -0.39 is 0 Å². The van der Waals surface area contributed by atoms with Gasteiger partial charge in [0.2, 0.25) is 0 Å². The predicted molar refractivity (Wildman–Crippen MR) is 74.0 cm³/mol. The molecular formula is C16H24FN. The van der Waals surface area contributed by atoms with Gasteiger partial charge in [-0.05, 0) is 31.7 Å². The fourth-order valence-corrected chi connectivity index (χ4v) is 2.98. The Labute approximate surface area is 110 Å². The van der Waals surface area contributed by atoms with Crippen molar-refractivity contribution in [3.63, 3.8) is 0 Å². The van der Waals surface area contributed by atoms with Gasteiger partial charge in [-0.25, -0.2) is 4.39 Å². The molecule has 2 rings (SSSR count). The van der Waals surface area contributed by atoms with Gasteiger partial charge >= 0.3 is 0 Å². The van der Waals surface area contributed by atoms with Crippen molar-refractivity contribution in [2.24, 2.45) is 5.92 Å². The Morgan fingerprint density at radius 3 is 2.67 bits per heavy atom. The molecule has 2 heteroatoms. The average Bonchev–Trinajstić information content (AvgIpc) is 2.55. The summed E-state index contributed by atoms with van der Waals surface area (Å²) in [6, 6.07) is 7.71. The molecule has 1 nitrogen and oxygen atoms in total. The number of rotatable bonds is 3. The molecule has 0 aliphatic heterocycles. The van der Waals surface area contributed by atoms with E-state index in [0.29, 0.717) is 12.0 Å². The first-order chi connectivity index (χ1) is 8.68. The van der Waals surface area contributed by atoms with Gasteiger partial charge in [0.25, 0.3) is 0 Å². The highest BCUT2D eigenvalue weighted by molar-refractivity contribution is 5.20. The van der Waals surface area contributed by atoms with Crippen LogP contribution in [0.25, 0.3) is 0 Å². The van der Waals surface area contributed by atoms with Crippen LogP contribution in [0.1, 0.15) is 57.6 Å². The number of benzene rings is 1. The van der Waals surface area contributed by atoms with Crippen molar-refractivity contribution in [2.45, 2.75) is 58.0 Å². The largest absolute Gasteiger partial charge is 0.307 e. The fourth-order valence-electron chi connectivity index (χ4n) is 2.98. The molecule has 0 aromatic heterocycles. The second-order valence-electron chi connectivity index (χ2n) is 5.63. The van der Waals surface area contributed by atoms with Crippen molar-refractivity contribution in [3.8, 4) is 0 Å². The van der Waals surface area contributed by atoms with Crippen LogP contribution in [0.3, 0.4) is 0 Å². The van der Waals surface area contributed by atoms with E-state index in [1.54, 1.807) is 12.1 Å². The number of hydrogen-bond acceptors (Lipinski definition) is 1. The van der Waals surface area contributed by atoms with Crippen molar-refractivity contribution < 1.29 is 4.39 Å². The molecule has 3 unspecified atom stereocenters. The molecule has 1 aliphatic carbocycles. The molecule has 0 spiro atoms. The molecule has 0 heterocycles. The number of nitrogens with one attached hydrogen (secondary N) is 1. The third-order valence-corrected chi connectivity index (χ3v) is 4.20. The summed E-state index contributed by atoms with van der Waals surface area (Å²) in [5.74, 6) is 0.598. The van der Waals surface area contributed by atoms with Crippen LogP contribution in [0.5, 0.6) is 0 Å². The second-order valence-corrected chi connectivity index (χ2v) is 5.63. The molecule has 1 saturated carbocycles.